The number of allylic oxidation sites excluding steroid dienone is 2. The molecular weight excluding hydrogens is 676 g/mol. The van der Waals surface area contributed by atoms with Crippen molar-refractivity contribution < 1.29 is 33.9 Å². The van der Waals surface area contributed by atoms with E-state index >= 15 is 0 Å². The molecule has 8 N–H and O–H groups in total. The van der Waals surface area contributed by atoms with E-state index in [1.807, 2.05) is 56.3 Å². The lowest BCUT2D eigenvalue weighted by molar-refractivity contribution is -0.138. The number of rotatable bonds is 16. The fourth-order valence-electron chi connectivity index (χ4n) is 6.35. The molecular formula is C40H64N6O7. The number of nitrogens with two attached hydrogens (primary N) is 1. The highest BCUT2D eigenvalue weighted by atomic mass is 16.3. The van der Waals surface area contributed by atoms with Crippen LogP contribution in [0.4, 0.5) is 0 Å². The summed E-state index contributed by atoms with van der Waals surface area (Å²) in [6.07, 6.45) is 9.70. The van der Waals surface area contributed by atoms with Crippen LogP contribution in [0.25, 0.3) is 0 Å². The van der Waals surface area contributed by atoms with Crippen molar-refractivity contribution in [1.82, 2.24) is 26.6 Å². The van der Waals surface area contributed by atoms with Crippen LogP contribution in [-0.2, 0) is 35.2 Å². The monoisotopic (exact) mass is 740 g/mol. The third kappa shape index (κ3) is 15.5. The van der Waals surface area contributed by atoms with E-state index < -0.39 is 64.9 Å². The number of carbonyl (C=O) groups is 6. The van der Waals surface area contributed by atoms with Gasteiger partial charge in [-0.05, 0) is 103 Å². The second kappa shape index (κ2) is 23.0. The number of amides is 4. The van der Waals surface area contributed by atoms with E-state index in [9.17, 15) is 33.9 Å². The second-order valence-electron chi connectivity index (χ2n) is 15.3. The second-order valence-corrected chi connectivity index (χ2v) is 15.3. The molecule has 7 atom stereocenters. The summed E-state index contributed by atoms with van der Waals surface area (Å²) in [5, 5.41) is 24.7. The van der Waals surface area contributed by atoms with E-state index in [0.717, 1.165) is 5.56 Å². The summed E-state index contributed by atoms with van der Waals surface area (Å²) in [6, 6.07) is 5.46. The summed E-state index contributed by atoms with van der Waals surface area (Å²) in [4.78, 5) is 79.8. The Labute approximate surface area is 315 Å². The standard InChI is InChI=1S/C40H64N6O7/c1-28(2)23-32-35(50)44-33(24-30-17-11-10-12-18-30)36(51)46-40(5,38(53)43-31(25-47)19-13-16-22-41)21-15-9-7-6-8-14-20-39(4,37(52)45-32)27-42-34(26-48)29(3)49/h6-7,10-12,17-18,25-26,28-29,31-34,42,49H,8-9,13-16,19-24,27,41H2,1-5H3,(H,43,53)(H,44,50)(H,45,52)(H,46,51)/t29-,31+,32+,33+,34-,39+,40+/m1/s1. The number of hydrogen-bond donors (Lipinski definition) is 7. The van der Waals surface area contributed by atoms with Crippen molar-refractivity contribution in [2.45, 2.75) is 141 Å². The molecule has 0 saturated carbocycles. The van der Waals surface area contributed by atoms with E-state index in [0.29, 0.717) is 70.5 Å². The van der Waals surface area contributed by atoms with Crippen molar-refractivity contribution >= 4 is 36.2 Å². The number of benzene rings is 1. The summed E-state index contributed by atoms with van der Waals surface area (Å²) >= 11 is 0. The molecule has 0 bridgehead atoms. The number of unbranched alkanes of at least 4 members (excludes halogenated alkanes) is 1. The lowest BCUT2D eigenvalue weighted by Crippen LogP contribution is -2.63. The van der Waals surface area contributed by atoms with Crippen molar-refractivity contribution in [2.24, 2.45) is 17.1 Å². The van der Waals surface area contributed by atoms with Crippen LogP contribution in [0.5, 0.6) is 0 Å². The number of nitrogens with one attached hydrogen (secondary N) is 5. The fourth-order valence-corrected chi connectivity index (χ4v) is 6.35. The highest BCUT2D eigenvalue weighted by molar-refractivity contribution is 5.96. The van der Waals surface area contributed by atoms with Gasteiger partial charge in [0.05, 0.1) is 23.6 Å². The van der Waals surface area contributed by atoms with Gasteiger partial charge in [-0.25, -0.2) is 0 Å². The lowest BCUT2D eigenvalue weighted by Gasteiger charge is -2.34. The van der Waals surface area contributed by atoms with Gasteiger partial charge in [-0.2, -0.15) is 0 Å². The Morgan fingerprint density at radius 1 is 0.943 bits per heavy atom. The average Bonchev–Trinajstić information content (AvgIpc) is 3.11. The lowest BCUT2D eigenvalue weighted by atomic mass is 9.82. The average molecular weight is 741 g/mol. The Morgan fingerprint density at radius 2 is 1.60 bits per heavy atom. The normalized spacial score (nSPS) is 25.5. The van der Waals surface area contributed by atoms with Crippen LogP contribution in [0.15, 0.2) is 42.5 Å². The van der Waals surface area contributed by atoms with Gasteiger partial charge < -0.3 is 47.0 Å². The largest absolute Gasteiger partial charge is 0.391 e. The van der Waals surface area contributed by atoms with Crippen LogP contribution in [0.3, 0.4) is 0 Å². The van der Waals surface area contributed by atoms with Crippen LogP contribution in [0.1, 0.15) is 104 Å². The van der Waals surface area contributed by atoms with Gasteiger partial charge in [-0.1, -0.05) is 56.3 Å². The summed E-state index contributed by atoms with van der Waals surface area (Å²) < 4.78 is 0. The zero-order valence-electron chi connectivity index (χ0n) is 32.3. The molecule has 1 aromatic carbocycles. The van der Waals surface area contributed by atoms with E-state index in [-0.39, 0.29) is 31.7 Å². The molecule has 0 aromatic heterocycles. The van der Waals surface area contributed by atoms with E-state index in [4.69, 9.17) is 5.73 Å². The maximum Gasteiger partial charge on any atom is 0.246 e. The van der Waals surface area contributed by atoms with Gasteiger partial charge in [0.2, 0.25) is 23.6 Å². The molecule has 1 aliphatic rings. The summed E-state index contributed by atoms with van der Waals surface area (Å²) in [6.45, 7) is 9.32. The smallest absolute Gasteiger partial charge is 0.246 e. The fraction of sp³-hybridized carbons (Fsp3) is 0.650. The van der Waals surface area contributed by atoms with Gasteiger partial charge in [0.25, 0.3) is 0 Å². The summed E-state index contributed by atoms with van der Waals surface area (Å²) in [7, 11) is 0. The minimum Gasteiger partial charge on any atom is -0.391 e. The first kappa shape index (κ1) is 45.2. The van der Waals surface area contributed by atoms with E-state index in [1.165, 1.54) is 6.92 Å². The summed E-state index contributed by atoms with van der Waals surface area (Å²) in [5.74, 6) is -2.02. The predicted molar refractivity (Wildman–Crippen MR) is 205 cm³/mol. The Balaban J connectivity index is 2.53. The molecule has 1 aliphatic heterocycles. The first-order valence-corrected chi connectivity index (χ1v) is 19.1. The Bertz CT molecular complexity index is 1360. The minimum absolute atomic E-state index is 0.00267. The van der Waals surface area contributed by atoms with Crippen molar-refractivity contribution in [2.75, 3.05) is 13.1 Å². The molecule has 1 aromatic rings. The van der Waals surface area contributed by atoms with Crippen LogP contribution >= 0.6 is 0 Å². The molecule has 13 nitrogen and oxygen atoms in total. The van der Waals surface area contributed by atoms with Crippen LogP contribution < -0.4 is 32.3 Å². The van der Waals surface area contributed by atoms with Gasteiger partial charge >= 0.3 is 0 Å². The maximum absolute atomic E-state index is 14.2. The Kier molecular flexibility index (Phi) is 19.6. The molecule has 0 fully saturated rings. The van der Waals surface area contributed by atoms with Crippen molar-refractivity contribution in [3.05, 3.63) is 48.0 Å². The molecule has 0 aliphatic carbocycles. The molecule has 296 valence electrons. The quantitative estimate of drug-likeness (QED) is 0.0753. The van der Waals surface area contributed by atoms with E-state index in [2.05, 4.69) is 26.6 Å². The van der Waals surface area contributed by atoms with Crippen LogP contribution in [-0.4, -0.2) is 90.2 Å². The van der Waals surface area contributed by atoms with Crippen molar-refractivity contribution in [3.8, 4) is 0 Å². The van der Waals surface area contributed by atoms with Crippen molar-refractivity contribution in [1.29, 1.82) is 0 Å². The molecule has 0 unspecified atom stereocenters. The highest BCUT2D eigenvalue weighted by Crippen LogP contribution is 2.26. The summed E-state index contributed by atoms with van der Waals surface area (Å²) in [5.41, 5.74) is 3.95. The topological polar surface area (TPSA) is 209 Å². The first-order chi connectivity index (χ1) is 25.2. The molecule has 2 rings (SSSR count). The van der Waals surface area contributed by atoms with Gasteiger partial charge in [-0.3, -0.25) is 19.2 Å². The molecule has 4 amide bonds. The predicted octanol–water partition coefficient (Wildman–Crippen LogP) is 2.39. The van der Waals surface area contributed by atoms with Gasteiger partial charge in [-0.15, -0.1) is 0 Å². The van der Waals surface area contributed by atoms with Gasteiger partial charge in [0.15, 0.2) is 0 Å². The van der Waals surface area contributed by atoms with Gasteiger partial charge in [0.1, 0.15) is 30.2 Å². The highest BCUT2D eigenvalue weighted by Gasteiger charge is 2.40. The molecule has 53 heavy (non-hydrogen) atoms. The Hall–Kier alpha value is -3.94. The molecule has 0 radical (unpaired) electrons. The third-order valence-electron chi connectivity index (χ3n) is 9.85. The number of carbonyl (C=O) groups excluding carboxylic acids is 6. The third-order valence-corrected chi connectivity index (χ3v) is 9.85. The Morgan fingerprint density at radius 3 is 2.19 bits per heavy atom. The maximum atomic E-state index is 14.2. The zero-order valence-corrected chi connectivity index (χ0v) is 32.3. The number of aliphatic hydroxyl groups excluding tert-OH is 1. The molecule has 1 heterocycles. The van der Waals surface area contributed by atoms with E-state index in [1.54, 1.807) is 13.8 Å². The number of hydrogen-bond acceptors (Lipinski definition) is 9. The van der Waals surface area contributed by atoms with Crippen LogP contribution in [0, 0.1) is 11.3 Å². The molecule has 0 spiro atoms. The van der Waals surface area contributed by atoms with Crippen molar-refractivity contribution in [3.63, 3.8) is 0 Å². The molecule has 13 heteroatoms. The molecule has 0 saturated heterocycles. The van der Waals surface area contributed by atoms with Crippen LogP contribution in [0.2, 0.25) is 0 Å². The SMILES string of the molecule is CC(C)C[C@@H]1NC(=O)[C@](C)(CN[C@H](C=O)[C@@H](C)O)CCCC=CCCC[C@@](C)(C(=O)N[C@H](C=O)CCCCN)NC(=O)[C@H](Cc2ccccc2)NC1=O. The first-order valence-electron chi connectivity index (χ1n) is 19.1. The zero-order chi connectivity index (χ0) is 39.4. The minimum atomic E-state index is -1.41. The number of aliphatic hydroxyl groups is 1. The van der Waals surface area contributed by atoms with Gasteiger partial charge in [0, 0.05) is 13.0 Å². The number of aldehydes is 2.